The Bertz CT molecular complexity index is 904. The number of rotatable bonds is 41. The first-order valence-electron chi connectivity index (χ1n) is 24.4. The summed E-state index contributed by atoms with van der Waals surface area (Å²) < 4.78 is 11.1. The average molecular weight is 812 g/mol. The van der Waals surface area contributed by atoms with Crippen molar-refractivity contribution in [1.29, 1.82) is 0 Å². The van der Waals surface area contributed by atoms with Crippen LogP contribution >= 0.6 is 0 Å². The number of hydrogen-bond acceptors (Lipinski definition) is 8. The van der Waals surface area contributed by atoms with Crippen molar-refractivity contribution in [2.45, 2.75) is 275 Å². The molecule has 1 fully saturated rings. The molecule has 57 heavy (non-hydrogen) atoms. The number of aliphatic hydroxyl groups excluding tert-OH is 5. The van der Waals surface area contributed by atoms with Gasteiger partial charge in [-0.3, -0.25) is 4.79 Å². The van der Waals surface area contributed by atoms with Gasteiger partial charge in [0.25, 0.3) is 0 Å². The van der Waals surface area contributed by atoms with E-state index in [0.29, 0.717) is 6.42 Å². The molecule has 338 valence electrons. The molecular weight excluding hydrogens is 719 g/mol. The van der Waals surface area contributed by atoms with E-state index in [4.69, 9.17) is 9.47 Å². The van der Waals surface area contributed by atoms with Crippen LogP contribution in [0.1, 0.15) is 232 Å². The van der Waals surface area contributed by atoms with Crippen LogP contribution in [0, 0.1) is 0 Å². The Morgan fingerprint density at radius 1 is 0.579 bits per heavy atom. The Morgan fingerprint density at radius 2 is 0.965 bits per heavy atom. The lowest BCUT2D eigenvalue weighted by molar-refractivity contribution is -0.302. The molecular formula is C48H93NO8. The maximum Gasteiger partial charge on any atom is 0.220 e. The Hall–Kier alpha value is -1.07. The highest BCUT2D eigenvalue weighted by molar-refractivity contribution is 5.76. The molecule has 1 amide bonds. The second-order valence-electron chi connectivity index (χ2n) is 17.3. The lowest BCUT2D eigenvalue weighted by atomic mass is 9.99. The molecule has 1 aliphatic heterocycles. The largest absolute Gasteiger partial charge is 0.394 e. The second-order valence-corrected chi connectivity index (χ2v) is 17.3. The van der Waals surface area contributed by atoms with Crippen LogP contribution in [-0.2, 0) is 14.3 Å². The van der Waals surface area contributed by atoms with Gasteiger partial charge in [0, 0.05) is 6.42 Å². The second kappa shape index (κ2) is 39.1. The van der Waals surface area contributed by atoms with Gasteiger partial charge in [-0.2, -0.15) is 0 Å². The van der Waals surface area contributed by atoms with Crippen molar-refractivity contribution in [2.24, 2.45) is 0 Å². The van der Waals surface area contributed by atoms with Crippen molar-refractivity contribution in [1.82, 2.24) is 5.32 Å². The van der Waals surface area contributed by atoms with E-state index in [1.807, 2.05) is 6.08 Å². The number of ether oxygens (including phenoxy) is 2. The summed E-state index contributed by atoms with van der Waals surface area (Å²) in [6.07, 6.45) is 39.4. The molecule has 9 nitrogen and oxygen atoms in total. The molecule has 1 aliphatic rings. The van der Waals surface area contributed by atoms with E-state index < -0.39 is 49.5 Å². The zero-order valence-corrected chi connectivity index (χ0v) is 37.1. The Kier molecular flexibility index (Phi) is 37.0. The maximum atomic E-state index is 12.8. The molecule has 0 spiro atoms. The minimum absolute atomic E-state index is 0.182. The predicted octanol–water partition coefficient (Wildman–Crippen LogP) is 10.5. The molecule has 1 saturated heterocycles. The van der Waals surface area contributed by atoms with Crippen LogP contribution in [0.4, 0.5) is 0 Å². The molecule has 6 N–H and O–H groups in total. The van der Waals surface area contributed by atoms with Crippen molar-refractivity contribution in [3.05, 3.63) is 12.2 Å². The molecule has 7 unspecified atom stereocenters. The van der Waals surface area contributed by atoms with Crippen LogP contribution in [0.5, 0.6) is 0 Å². The third-order valence-corrected chi connectivity index (χ3v) is 11.9. The van der Waals surface area contributed by atoms with E-state index in [9.17, 15) is 30.3 Å². The minimum Gasteiger partial charge on any atom is -0.394 e. The first kappa shape index (κ1) is 53.9. The van der Waals surface area contributed by atoms with Gasteiger partial charge in [-0.15, -0.1) is 0 Å². The monoisotopic (exact) mass is 812 g/mol. The molecule has 0 aromatic rings. The minimum atomic E-state index is -1.56. The predicted molar refractivity (Wildman–Crippen MR) is 235 cm³/mol. The standard InChI is InChI=1S/C48H93NO8/c1-3-5-7-9-10-11-12-13-14-15-16-17-18-19-20-21-22-23-24-25-26-27-28-29-30-31-32-33-34-36-38-44(52)49-41(42(51)37-35-8-6-4-2)40-56-48-47(55)46(54)45(53)43(39-50)57-48/h35,37,41-43,45-48,50-51,53-55H,3-34,36,38-40H2,1-2H3,(H,49,52)/b37-35+. The van der Waals surface area contributed by atoms with Crippen LogP contribution < -0.4 is 5.32 Å². The topological polar surface area (TPSA) is 149 Å². The summed E-state index contributed by atoms with van der Waals surface area (Å²) in [5, 5.41) is 53.6. The zero-order valence-electron chi connectivity index (χ0n) is 37.1. The van der Waals surface area contributed by atoms with Crippen LogP contribution in [0.15, 0.2) is 12.2 Å². The third-order valence-electron chi connectivity index (χ3n) is 11.9. The van der Waals surface area contributed by atoms with Crippen molar-refractivity contribution >= 4 is 5.91 Å². The van der Waals surface area contributed by atoms with Gasteiger partial charge in [0.05, 0.1) is 25.4 Å². The zero-order chi connectivity index (χ0) is 41.6. The summed E-state index contributed by atoms with van der Waals surface area (Å²) in [6, 6.07) is -0.795. The van der Waals surface area contributed by atoms with E-state index in [-0.39, 0.29) is 12.5 Å². The average Bonchev–Trinajstić information content (AvgIpc) is 3.21. The summed E-state index contributed by atoms with van der Waals surface area (Å²) in [4.78, 5) is 12.8. The number of nitrogens with one attached hydrogen (secondary N) is 1. The van der Waals surface area contributed by atoms with Gasteiger partial charge >= 0.3 is 0 Å². The lowest BCUT2D eigenvalue weighted by Crippen LogP contribution is -2.60. The van der Waals surface area contributed by atoms with E-state index in [1.54, 1.807) is 6.08 Å². The SMILES string of the molecule is CCCC/C=C/C(O)C(COC1OC(CO)C(O)C(O)C1O)NC(=O)CCCCCCCCCCCCCCCCCCCCCCCCCCCCCCCC. The van der Waals surface area contributed by atoms with Crippen molar-refractivity contribution in [2.75, 3.05) is 13.2 Å². The van der Waals surface area contributed by atoms with Gasteiger partial charge in [-0.25, -0.2) is 0 Å². The van der Waals surface area contributed by atoms with Crippen LogP contribution in [0.3, 0.4) is 0 Å². The highest BCUT2D eigenvalue weighted by atomic mass is 16.7. The molecule has 0 saturated carbocycles. The van der Waals surface area contributed by atoms with E-state index in [1.165, 1.54) is 173 Å². The molecule has 0 aromatic carbocycles. The van der Waals surface area contributed by atoms with Gasteiger partial charge in [-0.1, -0.05) is 225 Å². The Balaban J connectivity index is 1.99. The Labute approximate surface area is 350 Å². The molecule has 9 heteroatoms. The molecule has 1 heterocycles. The first-order valence-corrected chi connectivity index (χ1v) is 24.4. The van der Waals surface area contributed by atoms with E-state index >= 15 is 0 Å². The van der Waals surface area contributed by atoms with Crippen LogP contribution in [0.25, 0.3) is 0 Å². The van der Waals surface area contributed by atoms with Crippen LogP contribution in [-0.4, -0.2) is 87.5 Å². The fourth-order valence-electron chi connectivity index (χ4n) is 7.91. The molecule has 0 bridgehead atoms. The fraction of sp³-hybridized carbons (Fsp3) is 0.938. The number of carbonyl (C=O) groups excluding carboxylic acids is 1. The number of amides is 1. The van der Waals surface area contributed by atoms with E-state index in [0.717, 1.165) is 38.5 Å². The highest BCUT2D eigenvalue weighted by Gasteiger charge is 2.44. The summed E-state index contributed by atoms with van der Waals surface area (Å²) in [6.45, 7) is 3.63. The molecule has 1 rings (SSSR count). The fourth-order valence-corrected chi connectivity index (χ4v) is 7.91. The number of aliphatic hydroxyl groups is 5. The molecule has 7 atom stereocenters. The van der Waals surface area contributed by atoms with Gasteiger partial charge in [0.15, 0.2) is 6.29 Å². The molecule has 0 radical (unpaired) electrons. The summed E-state index contributed by atoms with van der Waals surface area (Å²) >= 11 is 0. The quantitative estimate of drug-likeness (QED) is 0.0264. The highest BCUT2D eigenvalue weighted by Crippen LogP contribution is 2.23. The Morgan fingerprint density at radius 3 is 1.35 bits per heavy atom. The lowest BCUT2D eigenvalue weighted by Gasteiger charge is -2.40. The summed E-state index contributed by atoms with van der Waals surface area (Å²) in [5.74, 6) is -0.182. The normalized spacial score (nSPS) is 21.0. The van der Waals surface area contributed by atoms with Gasteiger partial charge in [0.1, 0.15) is 24.4 Å². The van der Waals surface area contributed by atoms with Gasteiger partial charge in [-0.05, 0) is 12.8 Å². The first-order chi connectivity index (χ1) is 27.8. The number of allylic oxidation sites excluding steroid dienone is 1. The number of unbranched alkanes of at least 4 members (excludes halogenated alkanes) is 31. The van der Waals surface area contributed by atoms with Crippen LogP contribution in [0.2, 0.25) is 0 Å². The molecule has 0 aromatic heterocycles. The van der Waals surface area contributed by atoms with Crippen molar-refractivity contribution < 1.29 is 39.8 Å². The maximum absolute atomic E-state index is 12.8. The third kappa shape index (κ3) is 29.7. The molecule has 0 aliphatic carbocycles. The smallest absolute Gasteiger partial charge is 0.220 e. The van der Waals surface area contributed by atoms with Crippen molar-refractivity contribution in [3.8, 4) is 0 Å². The van der Waals surface area contributed by atoms with Gasteiger partial charge < -0.3 is 40.3 Å². The number of hydrogen-bond donors (Lipinski definition) is 6. The van der Waals surface area contributed by atoms with Gasteiger partial charge in [0.2, 0.25) is 5.91 Å². The summed E-state index contributed by atoms with van der Waals surface area (Å²) in [5.41, 5.74) is 0. The number of carbonyl (C=O) groups is 1. The summed E-state index contributed by atoms with van der Waals surface area (Å²) in [7, 11) is 0. The van der Waals surface area contributed by atoms with Crippen molar-refractivity contribution in [3.63, 3.8) is 0 Å². The van der Waals surface area contributed by atoms with E-state index in [2.05, 4.69) is 19.2 Å².